The van der Waals surface area contributed by atoms with Crippen LogP contribution in [0.3, 0.4) is 0 Å². The predicted octanol–water partition coefficient (Wildman–Crippen LogP) is -0.598. The lowest BCUT2D eigenvalue weighted by Crippen LogP contribution is -2.63. The standard InChI is InChI=1S/C8H12N4O2/c1-2-8(14)4-12(5-8)7(13)6-3-9-11-10-6/h3,14H,2,4-5H2,1H3,(H,9,10,11). The lowest BCUT2D eigenvalue weighted by atomic mass is 9.91. The Kier molecular flexibility index (Phi) is 1.99. The number of aliphatic hydroxyl groups is 1. The van der Waals surface area contributed by atoms with Gasteiger partial charge in [0, 0.05) is 0 Å². The van der Waals surface area contributed by atoms with Gasteiger partial charge in [-0.25, -0.2) is 0 Å². The Morgan fingerprint density at radius 3 is 3.00 bits per heavy atom. The molecule has 0 atom stereocenters. The number of aromatic amines is 1. The fourth-order valence-electron chi connectivity index (χ4n) is 1.50. The lowest BCUT2D eigenvalue weighted by Gasteiger charge is -2.45. The van der Waals surface area contributed by atoms with E-state index in [9.17, 15) is 9.90 Å². The van der Waals surface area contributed by atoms with Gasteiger partial charge in [0.2, 0.25) is 0 Å². The minimum Gasteiger partial charge on any atom is -0.386 e. The van der Waals surface area contributed by atoms with Crippen LogP contribution in [-0.4, -0.2) is 50.0 Å². The summed E-state index contributed by atoms with van der Waals surface area (Å²) >= 11 is 0. The average molecular weight is 196 g/mol. The Bertz CT molecular complexity index is 329. The van der Waals surface area contributed by atoms with Gasteiger partial charge in [-0.15, -0.1) is 0 Å². The summed E-state index contributed by atoms with van der Waals surface area (Å²) < 4.78 is 0. The van der Waals surface area contributed by atoms with E-state index in [0.717, 1.165) is 0 Å². The van der Waals surface area contributed by atoms with Crippen molar-refractivity contribution in [3.05, 3.63) is 11.9 Å². The quantitative estimate of drug-likeness (QED) is 0.661. The summed E-state index contributed by atoms with van der Waals surface area (Å²) in [6, 6.07) is 0. The molecule has 0 bridgehead atoms. The highest BCUT2D eigenvalue weighted by Crippen LogP contribution is 2.24. The van der Waals surface area contributed by atoms with Crippen molar-refractivity contribution in [3.8, 4) is 0 Å². The van der Waals surface area contributed by atoms with Gasteiger partial charge in [0.15, 0.2) is 5.69 Å². The molecule has 0 radical (unpaired) electrons. The third kappa shape index (κ3) is 1.37. The topological polar surface area (TPSA) is 82.1 Å². The van der Waals surface area contributed by atoms with Crippen LogP contribution in [0.4, 0.5) is 0 Å². The van der Waals surface area contributed by atoms with Crippen LogP contribution in [0.5, 0.6) is 0 Å². The van der Waals surface area contributed by atoms with Crippen molar-refractivity contribution in [2.24, 2.45) is 0 Å². The molecular formula is C8H12N4O2. The van der Waals surface area contributed by atoms with Crippen LogP contribution in [-0.2, 0) is 0 Å². The summed E-state index contributed by atoms with van der Waals surface area (Å²) in [5.74, 6) is -0.183. The van der Waals surface area contributed by atoms with Crippen molar-refractivity contribution in [1.82, 2.24) is 20.3 Å². The minimum absolute atomic E-state index is 0.183. The number of rotatable bonds is 2. The average Bonchev–Trinajstić information content (AvgIpc) is 2.64. The molecule has 1 aromatic rings. The molecule has 2 rings (SSSR count). The van der Waals surface area contributed by atoms with Crippen LogP contribution in [0, 0.1) is 0 Å². The van der Waals surface area contributed by atoms with Gasteiger partial charge in [0.25, 0.3) is 5.91 Å². The number of β-amino-alcohol motifs (C(OH)–C–C–N with tert-alkyl or cyclic N) is 1. The second-order valence-corrected chi connectivity index (χ2v) is 3.59. The van der Waals surface area contributed by atoms with Crippen molar-refractivity contribution in [1.29, 1.82) is 0 Å². The number of carbonyl (C=O) groups is 1. The molecule has 2 heterocycles. The number of nitrogens with zero attached hydrogens (tertiary/aromatic N) is 3. The predicted molar refractivity (Wildman–Crippen MR) is 47.5 cm³/mol. The zero-order chi connectivity index (χ0) is 10.2. The number of hydrogen-bond donors (Lipinski definition) is 2. The summed E-state index contributed by atoms with van der Waals surface area (Å²) in [7, 11) is 0. The SMILES string of the molecule is CCC1(O)CN(C(=O)c2cn[nH]n2)C1. The highest BCUT2D eigenvalue weighted by molar-refractivity contribution is 5.92. The number of amides is 1. The molecule has 0 unspecified atom stereocenters. The third-order valence-corrected chi connectivity index (χ3v) is 2.55. The molecule has 1 fully saturated rings. The molecule has 0 aromatic carbocycles. The number of nitrogens with one attached hydrogen (secondary N) is 1. The normalized spacial score (nSPS) is 19.1. The van der Waals surface area contributed by atoms with E-state index in [1.54, 1.807) is 4.90 Å². The highest BCUT2D eigenvalue weighted by Gasteiger charge is 2.42. The lowest BCUT2D eigenvalue weighted by molar-refractivity contribution is -0.0828. The smallest absolute Gasteiger partial charge is 0.276 e. The van der Waals surface area contributed by atoms with Crippen molar-refractivity contribution < 1.29 is 9.90 Å². The number of carbonyl (C=O) groups excluding carboxylic acids is 1. The van der Waals surface area contributed by atoms with Crippen LogP contribution in [0.15, 0.2) is 6.20 Å². The summed E-state index contributed by atoms with van der Waals surface area (Å²) in [6.45, 7) is 2.67. The Balaban J connectivity index is 1.98. The van der Waals surface area contributed by atoms with E-state index in [-0.39, 0.29) is 5.91 Å². The van der Waals surface area contributed by atoms with Crippen LogP contribution >= 0.6 is 0 Å². The Labute approximate surface area is 80.9 Å². The minimum atomic E-state index is -0.695. The van der Waals surface area contributed by atoms with Gasteiger partial charge >= 0.3 is 0 Å². The number of H-pyrrole nitrogens is 1. The van der Waals surface area contributed by atoms with Gasteiger partial charge < -0.3 is 10.0 Å². The first-order valence-electron chi connectivity index (χ1n) is 4.52. The first-order chi connectivity index (χ1) is 6.64. The van der Waals surface area contributed by atoms with E-state index in [0.29, 0.717) is 25.2 Å². The van der Waals surface area contributed by atoms with Gasteiger partial charge in [-0.1, -0.05) is 6.92 Å². The van der Waals surface area contributed by atoms with E-state index in [1.165, 1.54) is 6.20 Å². The van der Waals surface area contributed by atoms with Crippen LogP contribution in [0.25, 0.3) is 0 Å². The van der Waals surface area contributed by atoms with Crippen LogP contribution in [0.1, 0.15) is 23.8 Å². The monoisotopic (exact) mass is 196 g/mol. The van der Waals surface area contributed by atoms with Gasteiger partial charge in [0.05, 0.1) is 24.9 Å². The van der Waals surface area contributed by atoms with E-state index in [1.807, 2.05) is 6.92 Å². The van der Waals surface area contributed by atoms with Crippen molar-refractivity contribution >= 4 is 5.91 Å². The second-order valence-electron chi connectivity index (χ2n) is 3.59. The largest absolute Gasteiger partial charge is 0.386 e. The molecule has 0 aliphatic carbocycles. The molecule has 1 aliphatic rings. The van der Waals surface area contributed by atoms with E-state index in [2.05, 4.69) is 15.4 Å². The zero-order valence-electron chi connectivity index (χ0n) is 7.90. The molecule has 6 nitrogen and oxygen atoms in total. The summed E-state index contributed by atoms with van der Waals surface area (Å²) in [5, 5.41) is 19.3. The number of likely N-dealkylation sites (tertiary alicyclic amines) is 1. The molecule has 1 aliphatic heterocycles. The summed E-state index contributed by atoms with van der Waals surface area (Å²) in [6.07, 6.45) is 2.04. The first kappa shape index (κ1) is 9.14. The molecule has 14 heavy (non-hydrogen) atoms. The van der Waals surface area contributed by atoms with Crippen LogP contribution in [0.2, 0.25) is 0 Å². The molecular weight excluding hydrogens is 184 g/mol. The molecule has 76 valence electrons. The molecule has 1 saturated heterocycles. The van der Waals surface area contributed by atoms with Crippen molar-refractivity contribution in [2.75, 3.05) is 13.1 Å². The summed E-state index contributed by atoms with van der Waals surface area (Å²) in [4.78, 5) is 13.1. The van der Waals surface area contributed by atoms with E-state index in [4.69, 9.17) is 0 Å². The summed E-state index contributed by atoms with van der Waals surface area (Å²) in [5.41, 5.74) is -0.400. The Hall–Kier alpha value is -1.43. The van der Waals surface area contributed by atoms with Crippen molar-refractivity contribution in [2.45, 2.75) is 18.9 Å². The van der Waals surface area contributed by atoms with E-state index >= 15 is 0 Å². The van der Waals surface area contributed by atoms with Gasteiger partial charge in [-0.3, -0.25) is 4.79 Å². The van der Waals surface area contributed by atoms with Gasteiger partial charge in [-0.2, -0.15) is 15.4 Å². The molecule has 0 saturated carbocycles. The maximum Gasteiger partial charge on any atom is 0.276 e. The van der Waals surface area contributed by atoms with Gasteiger partial charge in [-0.05, 0) is 6.42 Å². The molecule has 2 N–H and O–H groups in total. The molecule has 1 aromatic heterocycles. The van der Waals surface area contributed by atoms with Gasteiger partial charge in [0.1, 0.15) is 0 Å². The Morgan fingerprint density at radius 1 is 1.79 bits per heavy atom. The Morgan fingerprint density at radius 2 is 2.50 bits per heavy atom. The highest BCUT2D eigenvalue weighted by atomic mass is 16.3. The van der Waals surface area contributed by atoms with Crippen molar-refractivity contribution in [3.63, 3.8) is 0 Å². The van der Waals surface area contributed by atoms with E-state index < -0.39 is 5.60 Å². The molecule has 0 spiro atoms. The zero-order valence-corrected chi connectivity index (χ0v) is 7.90. The molecule has 6 heteroatoms. The fourth-order valence-corrected chi connectivity index (χ4v) is 1.50. The first-order valence-corrected chi connectivity index (χ1v) is 4.52. The third-order valence-electron chi connectivity index (χ3n) is 2.55. The number of hydrogen-bond acceptors (Lipinski definition) is 4. The fraction of sp³-hybridized carbons (Fsp3) is 0.625. The maximum atomic E-state index is 11.6. The maximum absolute atomic E-state index is 11.6. The second kappa shape index (κ2) is 3.06. The number of aromatic nitrogens is 3. The molecule has 1 amide bonds. The van der Waals surface area contributed by atoms with Crippen LogP contribution < -0.4 is 0 Å².